The molecule has 4 aromatic rings. The standard InChI is InChI=1S/C23H17F3N4O2/c24-23(25,26)14-7-11-16(12-8-14)29-22(32)28-15-9-5-13(6-10-15)19-17-3-1-2-4-18(17)30-20(19)21(27)31/h1-12,30H,(H2,27,31)(H2,28,29,32). The van der Waals surface area contributed by atoms with Crippen LogP contribution in [0, 0.1) is 0 Å². The molecule has 3 aromatic carbocycles. The molecule has 0 atom stereocenters. The van der Waals surface area contributed by atoms with Crippen LogP contribution in [0.25, 0.3) is 22.0 Å². The van der Waals surface area contributed by atoms with Crippen molar-refractivity contribution in [3.05, 3.63) is 84.1 Å². The Morgan fingerprint density at radius 1 is 0.812 bits per heavy atom. The maximum absolute atomic E-state index is 12.6. The molecule has 0 aliphatic rings. The van der Waals surface area contributed by atoms with Crippen molar-refractivity contribution in [3.63, 3.8) is 0 Å². The first kappa shape index (κ1) is 21.0. The fourth-order valence-corrected chi connectivity index (χ4v) is 3.38. The van der Waals surface area contributed by atoms with E-state index in [-0.39, 0.29) is 11.4 Å². The fourth-order valence-electron chi connectivity index (χ4n) is 3.38. The van der Waals surface area contributed by atoms with Crippen molar-refractivity contribution in [1.29, 1.82) is 0 Å². The summed E-state index contributed by atoms with van der Waals surface area (Å²) in [6, 6.07) is 17.7. The van der Waals surface area contributed by atoms with Gasteiger partial charge in [0.2, 0.25) is 0 Å². The van der Waals surface area contributed by atoms with E-state index in [0.29, 0.717) is 11.3 Å². The number of halogens is 3. The minimum Gasteiger partial charge on any atom is -0.364 e. The number of hydrogen-bond donors (Lipinski definition) is 4. The first-order chi connectivity index (χ1) is 15.2. The second-order valence-electron chi connectivity index (χ2n) is 7.02. The molecule has 9 heteroatoms. The Labute approximate surface area is 180 Å². The van der Waals surface area contributed by atoms with Crippen LogP contribution in [0.1, 0.15) is 16.1 Å². The lowest BCUT2D eigenvalue weighted by atomic mass is 10.0. The van der Waals surface area contributed by atoms with Gasteiger partial charge in [-0.15, -0.1) is 0 Å². The van der Waals surface area contributed by atoms with Gasteiger partial charge in [0.05, 0.1) is 5.56 Å². The van der Waals surface area contributed by atoms with Crippen molar-refractivity contribution in [2.24, 2.45) is 5.73 Å². The van der Waals surface area contributed by atoms with Crippen molar-refractivity contribution in [2.45, 2.75) is 6.18 Å². The molecule has 0 spiro atoms. The molecule has 0 fully saturated rings. The molecular formula is C23H17F3N4O2. The number of carbonyl (C=O) groups excluding carboxylic acids is 2. The number of aromatic amines is 1. The monoisotopic (exact) mass is 438 g/mol. The Kier molecular flexibility index (Phi) is 5.31. The molecule has 1 aromatic heterocycles. The van der Waals surface area contributed by atoms with Gasteiger partial charge >= 0.3 is 12.2 Å². The summed E-state index contributed by atoms with van der Waals surface area (Å²) in [6.07, 6.45) is -4.44. The van der Waals surface area contributed by atoms with E-state index in [1.807, 2.05) is 24.3 Å². The first-order valence-electron chi connectivity index (χ1n) is 9.48. The van der Waals surface area contributed by atoms with E-state index in [9.17, 15) is 22.8 Å². The zero-order valence-corrected chi connectivity index (χ0v) is 16.5. The topological polar surface area (TPSA) is 100 Å². The molecule has 5 N–H and O–H groups in total. The van der Waals surface area contributed by atoms with E-state index in [0.717, 1.165) is 28.6 Å². The van der Waals surface area contributed by atoms with E-state index in [1.165, 1.54) is 12.1 Å². The molecule has 4 rings (SSSR count). The predicted molar refractivity (Wildman–Crippen MR) is 116 cm³/mol. The van der Waals surface area contributed by atoms with Crippen molar-refractivity contribution >= 4 is 34.2 Å². The lowest BCUT2D eigenvalue weighted by Crippen LogP contribution is -2.19. The van der Waals surface area contributed by atoms with Gasteiger partial charge in [0.1, 0.15) is 5.69 Å². The summed E-state index contributed by atoms with van der Waals surface area (Å²) in [5, 5.41) is 5.92. The summed E-state index contributed by atoms with van der Waals surface area (Å²) in [7, 11) is 0. The molecule has 0 unspecified atom stereocenters. The minimum absolute atomic E-state index is 0.219. The number of urea groups is 1. The van der Waals surface area contributed by atoms with Crippen molar-refractivity contribution in [1.82, 2.24) is 4.98 Å². The number of nitrogens with one attached hydrogen (secondary N) is 3. The molecule has 3 amide bonds. The Morgan fingerprint density at radius 3 is 1.94 bits per heavy atom. The van der Waals surface area contributed by atoms with E-state index < -0.39 is 23.7 Å². The number of fused-ring (bicyclic) bond motifs is 1. The number of para-hydroxylation sites is 1. The number of primary amides is 1. The highest BCUT2D eigenvalue weighted by atomic mass is 19.4. The lowest BCUT2D eigenvalue weighted by molar-refractivity contribution is -0.137. The summed E-state index contributed by atoms with van der Waals surface area (Å²) < 4.78 is 37.9. The van der Waals surface area contributed by atoms with Crippen molar-refractivity contribution < 1.29 is 22.8 Å². The number of anilines is 2. The normalized spacial score (nSPS) is 11.3. The number of amides is 3. The van der Waals surface area contributed by atoms with Crippen LogP contribution in [-0.4, -0.2) is 16.9 Å². The van der Waals surface area contributed by atoms with Gasteiger partial charge < -0.3 is 21.4 Å². The number of nitrogens with two attached hydrogens (primary N) is 1. The number of alkyl halides is 3. The highest BCUT2D eigenvalue weighted by Crippen LogP contribution is 2.33. The summed E-state index contributed by atoms with van der Waals surface area (Å²) in [6.45, 7) is 0. The van der Waals surface area contributed by atoms with Gasteiger partial charge in [-0.1, -0.05) is 30.3 Å². The number of aromatic nitrogens is 1. The summed E-state index contributed by atoms with van der Waals surface area (Å²) >= 11 is 0. The van der Waals surface area contributed by atoms with E-state index in [1.54, 1.807) is 24.3 Å². The third-order valence-corrected chi connectivity index (χ3v) is 4.85. The van der Waals surface area contributed by atoms with Gasteiger partial charge in [0.15, 0.2) is 0 Å². The average molecular weight is 438 g/mol. The van der Waals surface area contributed by atoms with Crippen LogP contribution in [0.4, 0.5) is 29.3 Å². The van der Waals surface area contributed by atoms with Crippen LogP contribution in [0.2, 0.25) is 0 Å². The molecule has 0 aliphatic heterocycles. The number of H-pyrrole nitrogens is 1. The molecule has 162 valence electrons. The van der Waals surface area contributed by atoms with Gasteiger partial charge in [-0.25, -0.2) is 4.79 Å². The Morgan fingerprint density at radius 2 is 1.38 bits per heavy atom. The molecule has 0 aliphatic carbocycles. The van der Waals surface area contributed by atoms with Gasteiger partial charge in [-0.2, -0.15) is 13.2 Å². The smallest absolute Gasteiger partial charge is 0.364 e. The molecule has 0 saturated carbocycles. The second kappa shape index (κ2) is 8.10. The number of hydrogen-bond acceptors (Lipinski definition) is 2. The quantitative estimate of drug-likeness (QED) is 0.334. The van der Waals surface area contributed by atoms with Crippen molar-refractivity contribution in [3.8, 4) is 11.1 Å². The lowest BCUT2D eigenvalue weighted by Gasteiger charge is -2.10. The van der Waals surface area contributed by atoms with Gasteiger partial charge in [-0.05, 0) is 48.0 Å². The maximum atomic E-state index is 12.6. The van der Waals surface area contributed by atoms with Crippen LogP contribution >= 0.6 is 0 Å². The van der Waals surface area contributed by atoms with Crippen LogP contribution < -0.4 is 16.4 Å². The van der Waals surface area contributed by atoms with Crippen molar-refractivity contribution in [2.75, 3.05) is 10.6 Å². The van der Waals surface area contributed by atoms with Crippen LogP contribution in [0.15, 0.2) is 72.8 Å². The second-order valence-corrected chi connectivity index (χ2v) is 7.02. The number of rotatable bonds is 4. The fraction of sp³-hybridized carbons (Fsp3) is 0.0435. The molecule has 1 heterocycles. The van der Waals surface area contributed by atoms with Crippen LogP contribution in [0.3, 0.4) is 0 Å². The third-order valence-electron chi connectivity index (χ3n) is 4.85. The van der Waals surface area contributed by atoms with E-state index in [4.69, 9.17) is 5.73 Å². The predicted octanol–water partition coefficient (Wildman–Crippen LogP) is 5.60. The molecule has 6 nitrogen and oxygen atoms in total. The Bertz CT molecular complexity index is 1290. The van der Waals surface area contributed by atoms with E-state index >= 15 is 0 Å². The molecule has 0 saturated heterocycles. The number of benzene rings is 3. The van der Waals surface area contributed by atoms with Gasteiger partial charge in [-0.3, -0.25) is 4.79 Å². The zero-order valence-electron chi connectivity index (χ0n) is 16.5. The van der Waals surface area contributed by atoms with Gasteiger partial charge in [0.25, 0.3) is 5.91 Å². The summed E-state index contributed by atoms with van der Waals surface area (Å²) in [4.78, 5) is 27.1. The Hall–Kier alpha value is -4.27. The van der Waals surface area contributed by atoms with Gasteiger partial charge in [0, 0.05) is 27.8 Å². The Balaban J connectivity index is 1.50. The maximum Gasteiger partial charge on any atom is 0.416 e. The zero-order chi connectivity index (χ0) is 22.9. The highest BCUT2D eigenvalue weighted by Gasteiger charge is 2.30. The van der Waals surface area contributed by atoms with Crippen LogP contribution in [-0.2, 0) is 6.18 Å². The molecule has 0 bridgehead atoms. The average Bonchev–Trinajstić information content (AvgIpc) is 3.14. The van der Waals surface area contributed by atoms with Crippen LogP contribution in [0.5, 0.6) is 0 Å². The first-order valence-corrected chi connectivity index (χ1v) is 9.48. The largest absolute Gasteiger partial charge is 0.416 e. The highest BCUT2D eigenvalue weighted by molar-refractivity contribution is 6.09. The SMILES string of the molecule is NC(=O)c1[nH]c2ccccc2c1-c1ccc(NC(=O)Nc2ccc(C(F)(F)F)cc2)cc1. The third kappa shape index (κ3) is 4.27. The molecule has 32 heavy (non-hydrogen) atoms. The minimum atomic E-state index is -4.44. The van der Waals surface area contributed by atoms with E-state index in [2.05, 4.69) is 15.6 Å². The molecule has 0 radical (unpaired) electrons. The molecular weight excluding hydrogens is 421 g/mol. The summed E-state index contributed by atoms with van der Waals surface area (Å²) in [5.41, 5.74) is 7.84. The summed E-state index contributed by atoms with van der Waals surface area (Å²) in [5.74, 6) is -0.589. The number of carbonyl (C=O) groups is 2.